The van der Waals surface area contributed by atoms with Gasteiger partial charge in [-0.1, -0.05) is 0 Å². The molecule has 3 N–H and O–H groups in total. The van der Waals surface area contributed by atoms with E-state index in [1.54, 1.807) is 7.05 Å². The van der Waals surface area contributed by atoms with Crippen molar-refractivity contribution in [2.24, 2.45) is 4.99 Å². The number of H-pyrrole nitrogens is 1. The zero-order chi connectivity index (χ0) is 13.1. The zero-order valence-corrected chi connectivity index (χ0v) is 10.7. The number of hydrogen-bond donors (Lipinski definition) is 3. The minimum atomic E-state index is -0.150. The van der Waals surface area contributed by atoms with E-state index < -0.39 is 0 Å². The van der Waals surface area contributed by atoms with Crippen LogP contribution in [0.3, 0.4) is 0 Å². The molecule has 0 unspecified atom stereocenters. The molecule has 0 aliphatic carbocycles. The molecule has 1 aromatic carbocycles. The molecule has 2 aromatic rings. The van der Waals surface area contributed by atoms with Gasteiger partial charge in [0, 0.05) is 31.1 Å². The first-order valence-corrected chi connectivity index (χ1v) is 5.72. The SMILES string of the molecule is CN/C(=N\c1ccc2[nH]ccc2c1C)NC(C)=O. The Bertz CT molecular complexity index is 612. The Morgan fingerprint density at radius 2 is 2.11 bits per heavy atom. The summed E-state index contributed by atoms with van der Waals surface area (Å²) >= 11 is 0. The average molecular weight is 244 g/mol. The van der Waals surface area contributed by atoms with Crippen LogP contribution in [0.15, 0.2) is 29.4 Å². The summed E-state index contributed by atoms with van der Waals surface area (Å²) in [5.41, 5.74) is 2.99. The number of nitrogens with one attached hydrogen (secondary N) is 3. The van der Waals surface area contributed by atoms with Crippen LogP contribution in [0.1, 0.15) is 12.5 Å². The largest absolute Gasteiger partial charge is 0.361 e. The number of aryl methyl sites for hydroxylation is 1. The minimum Gasteiger partial charge on any atom is -0.361 e. The van der Waals surface area contributed by atoms with E-state index in [4.69, 9.17) is 0 Å². The second kappa shape index (κ2) is 4.91. The Morgan fingerprint density at radius 1 is 1.33 bits per heavy atom. The van der Waals surface area contributed by atoms with Crippen molar-refractivity contribution in [3.05, 3.63) is 30.0 Å². The third kappa shape index (κ3) is 2.34. The van der Waals surface area contributed by atoms with Gasteiger partial charge in [0.2, 0.25) is 11.9 Å². The summed E-state index contributed by atoms with van der Waals surface area (Å²) in [6.07, 6.45) is 1.90. The van der Waals surface area contributed by atoms with Gasteiger partial charge in [0.05, 0.1) is 5.69 Å². The Hall–Kier alpha value is -2.30. The highest BCUT2D eigenvalue weighted by Crippen LogP contribution is 2.26. The van der Waals surface area contributed by atoms with Crippen molar-refractivity contribution < 1.29 is 4.79 Å². The van der Waals surface area contributed by atoms with Gasteiger partial charge < -0.3 is 10.3 Å². The maximum Gasteiger partial charge on any atom is 0.223 e. The van der Waals surface area contributed by atoms with Crippen molar-refractivity contribution in [1.82, 2.24) is 15.6 Å². The van der Waals surface area contributed by atoms with Crippen LogP contribution in [-0.2, 0) is 4.79 Å². The van der Waals surface area contributed by atoms with E-state index in [2.05, 4.69) is 20.6 Å². The van der Waals surface area contributed by atoms with Crippen LogP contribution >= 0.6 is 0 Å². The fourth-order valence-corrected chi connectivity index (χ4v) is 1.83. The van der Waals surface area contributed by atoms with Crippen molar-refractivity contribution in [3.8, 4) is 0 Å². The molecule has 1 amide bonds. The number of carbonyl (C=O) groups excluding carboxylic acids is 1. The van der Waals surface area contributed by atoms with E-state index in [0.29, 0.717) is 5.96 Å². The molecule has 94 valence electrons. The number of benzene rings is 1. The number of fused-ring (bicyclic) bond motifs is 1. The molecule has 0 atom stereocenters. The van der Waals surface area contributed by atoms with E-state index in [1.165, 1.54) is 6.92 Å². The van der Waals surface area contributed by atoms with Crippen molar-refractivity contribution >= 4 is 28.5 Å². The van der Waals surface area contributed by atoms with Gasteiger partial charge >= 0.3 is 0 Å². The highest BCUT2D eigenvalue weighted by atomic mass is 16.1. The van der Waals surface area contributed by atoms with E-state index in [0.717, 1.165) is 22.2 Å². The molecule has 0 bridgehead atoms. The number of guanidine groups is 1. The molecule has 1 aromatic heterocycles. The quantitative estimate of drug-likeness (QED) is 0.529. The first kappa shape index (κ1) is 12.2. The molecule has 0 fully saturated rings. The molecule has 1 heterocycles. The first-order valence-electron chi connectivity index (χ1n) is 5.72. The molecule has 0 aliphatic heterocycles. The maximum atomic E-state index is 11.0. The van der Waals surface area contributed by atoms with Crippen molar-refractivity contribution in [3.63, 3.8) is 0 Å². The lowest BCUT2D eigenvalue weighted by Crippen LogP contribution is -2.37. The molecular weight excluding hydrogens is 228 g/mol. The summed E-state index contributed by atoms with van der Waals surface area (Å²) in [5.74, 6) is 0.295. The fourth-order valence-electron chi connectivity index (χ4n) is 1.83. The molecule has 2 rings (SSSR count). The third-order valence-electron chi connectivity index (χ3n) is 2.74. The van der Waals surface area contributed by atoms with Crippen LogP contribution in [0, 0.1) is 6.92 Å². The zero-order valence-electron chi connectivity index (χ0n) is 10.7. The monoisotopic (exact) mass is 244 g/mol. The van der Waals surface area contributed by atoms with Gasteiger partial charge in [-0.3, -0.25) is 10.1 Å². The van der Waals surface area contributed by atoms with Crippen LogP contribution in [-0.4, -0.2) is 23.9 Å². The summed E-state index contributed by atoms with van der Waals surface area (Å²) in [7, 11) is 1.72. The van der Waals surface area contributed by atoms with E-state index in [9.17, 15) is 4.79 Å². The molecule has 5 heteroatoms. The van der Waals surface area contributed by atoms with Gasteiger partial charge in [0.1, 0.15) is 0 Å². The lowest BCUT2D eigenvalue weighted by atomic mass is 10.1. The van der Waals surface area contributed by atoms with Gasteiger partial charge in [-0.25, -0.2) is 4.99 Å². The highest BCUT2D eigenvalue weighted by Gasteiger charge is 2.05. The summed E-state index contributed by atoms with van der Waals surface area (Å²) in [6.45, 7) is 3.46. The predicted octanol–water partition coefficient (Wildman–Crippen LogP) is 1.82. The van der Waals surface area contributed by atoms with Crippen LogP contribution in [0.5, 0.6) is 0 Å². The van der Waals surface area contributed by atoms with Crippen molar-refractivity contribution in [2.75, 3.05) is 7.05 Å². The van der Waals surface area contributed by atoms with Crippen LogP contribution < -0.4 is 10.6 Å². The summed E-state index contributed by atoms with van der Waals surface area (Å²) < 4.78 is 0. The number of nitrogens with zero attached hydrogens (tertiary/aromatic N) is 1. The molecule has 0 spiro atoms. The number of aromatic nitrogens is 1. The third-order valence-corrected chi connectivity index (χ3v) is 2.74. The smallest absolute Gasteiger partial charge is 0.223 e. The number of carbonyl (C=O) groups is 1. The first-order chi connectivity index (χ1) is 8.61. The molecule has 0 saturated carbocycles. The topological polar surface area (TPSA) is 69.3 Å². The Labute approximate surface area is 105 Å². The van der Waals surface area contributed by atoms with Crippen LogP contribution in [0.25, 0.3) is 10.9 Å². The fraction of sp³-hybridized carbons (Fsp3) is 0.231. The molecule has 18 heavy (non-hydrogen) atoms. The van der Waals surface area contributed by atoms with Crippen LogP contribution in [0.2, 0.25) is 0 Å². The Morgan fingerprint density at radius 3 is 2.78 bits per heavy atom. The van der Waals surface area contributed by atoms with Crippen molar-refractivity contribution in [1.29, 1.82) is 0 Å². The van der Waals surface area contributed by atoms with Crippen LogP contribution in [0.4, 0.5) is 5.69 Å². The second-order valence-electron chi connectivity index (χ2n) is 4.04. The number of hydrogen-bond acceptors (Lipinski definition) is 2. The number of aliphatic imine (C=N–C) groups is 1. The standard InChI is InChI=1S/C13H16N4O/c1-8-10-6-7-15-12(10)5-4-11(8)17-13(14-3)16-9(2)18/h4-7,15H,1-3H3,(H2,14,16,17,18). The molecule has 0 aliphatic rings. The predicted molar refractivity (Wildman–Crippen MR) is 73.0 cm³/mol. The molecule has 0 radical (unpaired) electrons. The minimum absolute atomic E-state index is 0.150. The van der Waals surface area contributed by atoms with E-state index >= 15 is 0 Å². The van der Waals surface area contributed by atoms with Gasteiger partial charge in [0.25, 0.3) is 0 Å². The summed E-state index contributed by atoms with van der Waals surface area (Å²) in [5, 5.41) is 6.63. The molecule has 0 saturated heterocycles. The van der Waals surface area contributed by atoms with Gasteiger partial charge in [-0.15, -0.1) is 0 Å². The number of aromatic amines is 1. The normalized spacial score (nSPS) is 11.6. The van der Waals surface area contributed by atoms with E-state index in [-0.39, 0.29) is 5.91 Å². The average Bonchev–Trinajstić information content (AvgIpc) is 2.80. The maximum absolute atomic E-state index is 11.0. The molecule has 5 nitrogen and oxygen atoms in total. The number of rotatable bonds is 1. The van der Waals surface area contributed by atoms with Gasteiger partial charge in [-0.2, -0.15) is 0 Å². The molecular formula is C13H16N4O. The lowest BCUT2D eigenvalue weighted by Gasteiger charge is -2.07. The van der Waals surface area contributed by atoms with Crippen molar-refractivity contribution in [2.45, 2.75) is 13.8 Å². The Balaban J connectivity index is 2.43. The second-order valence-corrected chi connectivity index (χ2v) is 4.04. The summed E-state index contributed by atoms with van der Waals surface area (Å²) in [4.78, 5) is 18.6. The Kier molecular flexibility index (Phi) is 3.32. The van der Waals surface area contributed by atoms with Gasteiger partial charge in [-0.05, 0) is 30.7 Å². The lowest BCUT2D eigenvalue weighted by molar-refractivity contribution is -0.117. The van der Waals surface area contributed by atoms with Gasteiger partial charge in [0.15, 0.2) is 0 Å². The summed E-state index contributed by atoms with van der Waals surface area (Å²) in [6, 6.07) is 5.91. The highest BCUT2D eigenvalue weighted by molar-refractivity contribution is 5.98. The van der Waals surface area contributed by atoms with E-state index in [1.807, 2.05) is 31.3 Å². The number of amides is 1.